The predicted octanol–water partition coefficient (Wildman–Crippen LogP) is 1.80. The second kappa shape index (κ2) is 3.46. The van der Waals surface area contributed by atoms with Gasteiger partial charge in [-0.15, -0.1) is 12.4 Å². The van der Waals surface area contributed by atoms with Gasteiger partial charge in [-0.05, 0) is 0 Å². The van der Waals surface area contributed by atoms with Gasteiger partial charge in [0.15, 0.2) is 0 Å². The van der Waals surface area contributed by atoms with Crippen LogP contribution in [0.5, 0.6) is 0 Å². The van der Waals surface area contributed by atoms with Crippen molar-refractivity contribution in [1.29, 1.82) is 0 Å². The van der Waals surface area contributed by atoms with Gasteiger partial charge >= 0.3 is 48.4 Å². The third kappa shape index (κ3) is 2.31. The molecule has 1 rings (SSSR count). The number of allylic oxidation sites excluding steroid dienone is 4. The number of hydrogen-bond donors (Lipinski definition) is 0. The van der Waals surface area contributed by atoms with Crippen LogP contribution < -0.4 is 0 Å². The van der Waals surface area contributed by atoms with E-state index < -0.39 is 0 Å². The van der Waals surface area contributed by atoms with Gasteiger partial charge in [-0.2, -0.15) is 0 Å². The van der Waals surface area contributed by atoms with Crippen molar-refractivity contribution >= 4 is 12.4 Å². The van der Waals surface area contributed by atoms with E-state index in [9.17, 15) is 0 Å². The summed E-state index contributed by atoms with van der Waals surface area (Å²) in [5, 5.41) is 0. The van der Waals surface area contributed by atoms with Gasteiger partial charge in [0.2, 0.25) is 0 Å². The minimum atomic E-state index is 0. The molecule has 0 amide bonds. The van der Waals surface area contributed by atoms with Crippen molar-refractivity contribution in [1.82, 2.24) is 0 Å². The van der Waals surface area contributed by atoms with Crippen molar-refractivity contribution in [3.05, 3.63) is 22.2 Å². The van der Waals surface area contributed by atoms with E-state index in [4.69, 9.17) is 0 Å². The second-order valence-corrected chi connectivity index (χ2v) is 2.67. The van der Waals surface area contributed by atoms with Crippen LogP contribution in [0.25, 0.3) is 0 Å². The molecule has 1 aliphatic carbocycles. The van der Waals surface area contributed by atoms with Gasteiger partial charge < -0.3 is 0 Å². The van der Waals surface area contributed by atoms with Gasteiger partial charge in [-0.25, -0.2) is 0 Å². The minimum absolute atomic E-state index is 0. The van der Waals surface area contributed by atoms with Crippen molar-refractivity contribution in [3.8, 4) is 0 Å². The Kier molecular flexibility index (Phi) is 3.69. The van der Waals surface area contributed by atoms with Crippen LogP contribution >= 0.6 is 12.4 Å². The fraction of sp³-hybridized carbons (Fsp3) is 0.200. The Hall–Kier alpha value is 0.458. The molecule has 0 saturated carbocycles. The molecular weight excluding hydrogens is 291 g/mol. The normalized spacial score (nSPS) is 16.0. The monoisotopic (exact) mass is 296 g/mol. The van der Waals surface area contributed by atoms with Gasteiger partial charge in [0.25, 0.3) is 0 Å². The summed E-state index contributed by atoms with van der Waals surface area (Å²) in [6.45, 7) is 0. The fourth-order valence-corrected chi connectivity index (χ4v) is 0.894. The molecule has 0 fully saturated rings. The summed E-state index contributed by atoms with van der Waals surface area (Å²) in [7, 11) is 0. The molecule has 0 aromatic carbocycles. The Bertz CT molecular complexity index is 105. The van der Waals surface area contributed by atoms with Crippen LogP contribution in [-0.4, -0.2) is 0 Å². The fourth-order valence-electron chi connectivity index (χ4n) is 0.408. The van der Waals surface area contributed by atoms with Crippen LogP contribution in [0.15, 0.2) is 22.2 Å². The summed E-state index contributed by atoms with van der Waals surface area (Å²) in [6, 6.07) is 0. The first kappa shape index (κ1) is 7.46. The predicted molar refractivity (Wildman–Crippen MR) is 29.1 cm³/mol. The molecule has 0 heterocycles. The third-order valence-corrected chi connectivity index (χ3v) is 1.55. The molecule has 0 unspecified atom stereocenters. The zero-order chi connectivity index (χ0) is 4.41. The molecule has 0 saturated heterocycles. The summed E-state index contributed by atoms with van der Waals surface area (Å²) in [5.41, 5.74) is 0. The van der Waals surface area contributed by atoms with Gasteiger partial charge in [0, 0.05) is 0 Å². The SMILES string of the molecule is Cl.[Pt][C]1=CC=CC1. The maximum absolute atomic E-state index is 2.32. The second-order valence-electron chi connectivity index (χ2n) is 1.21. The quantitative estimate of drug-likeness (QED) is 0.639. The molecule has 0 bridgehead atoms. The van der Waals surface area contributed by atoms with E-state index in [0.717, 1.165) is 6.42 Å². The molecule has 0 aromatic rings. The van der Waals surface area contributed by atoms with Crippen molar-refractivity contribution < 1.29 is 19.8 Å². The molecule has 1 aliphatic rings. The first-order chi connectivity index (χ1) is 2.89. The first-order valence-corrected chi connectivity index (χ1v) is 3.01. The molecule has 0 atom stereocenters. The van der Waals surface area contributed by atoms with Crippen molar-refractivity contribution in [3.63, 3.8) is 0 Å². The number of rotatable bonds is 0. The van der Waals surface area contributed by atoms with Gasteiger partial charge in [0.05, 0.1) is 0 Å². The maximum atomic E-state index is 2.32. The van der Waals surface area contributed by atoms with E-state index in [1.54, 1.807) is 0 Å². The molecule has 0 spiro atoms. The van der Waals surface area contributed by atoms with E-state index >= 15 is 0 Å². The third-order valence-electron chi connectivity index (χ3n) is 0.703. The van der Waals surface area contributed by atoms with Crippen molar-refractivity contribution in [2.45, 2.75) is 6.42 Å². The molecular formula is C5H6ClPt. The molecule has 0 aromatic heterocycles. The first-order valence-electron chi connectivity index (χ1n) is 1.88. The van der Waals surface area contributed by atoms with E-state index in [1.165, 1.54) is 3.96 Å². The standard InChI is InChI=1S/C5H5.ClH.Pt/c1-2-4-5-3-1;;/h1-3H,4H2;1H;. The molecule has 0 N–H and O–H groups in total. The summed E-state index contributed by atoms with van der Waals surface area (Å²) in [4.78, 5) is 0. The Balaban J connectivity index is 0.000000360. The summed E-state index contributed by atoms with van der Waals surface area (Å²) in [5.74, 6) is 0. The molecule has 0 aliphatic heterocycles. The molecule has 2 heteroatoms. The summed E-state index contributed by atoms with van der Waals surface area (Å²) >= 11 is 2.32. The van der Waals surface area contributed by atoms with Crippen LogP contribution in [0, 0.1) is 0 Å². The van der Waals surface area contributed by atoms with Crippen LogP contribution in [0.2, 0.25) is 0 Å². The average Bonchev–Trinajstić information content (AvgIpc) is 1.86. The number of hydrogen-bond acceptors (Lipinski definition) is 0. The van der Waals surface area contributed by atoms with Crippen LogP contribution in [-0.2, 0) is 19.8 Å². The van der Waals surface area contributed by atoms with Crippen LogP contribution in [0.1, 0.15) is 6.42 Å². The van der Waals surface area contributed by atoms with Crippen molar-refractivity contribution in [2.75, 3.05) is 0 Å². The summed E-state index contributed by atoms with van der Waals surface area (Å²) < 4.78 is 1.44. The Morgan fingerprint density at radius 1 is 1.57 bits per heavy atom. The average molecular weight is 297 g/mol. The molecule has 43 valence electrons. The van der Waals surface area contributed by atoms with E-state index in [1.807, 2.05) is 0 Å². The van der Waals surface area contributed by atoms with Crippen LogP contribution in [0.4, 0.5) is 0 Å². The van der Waals surface area contributed by atoms with Gasteiger partial charge in [0.1, 0.15) is 0 Å². The zero-order valence-corrected chi connectivity index (χ0v) is 6.75. The van der Waals surface area contributed by atoms with E-state index in [2.05, 4.69) is 38.0 Å². The molecule has 0 nitrogen and oxygen atoms in total. The van der Waals surface area contributed by atoms with E-state index in [-0.39, 0.29) is 12.4 Å². The van der Waals surface area contributed by atoms with Crippen LogP contribution in [0.3, 0.4) is 0 Å². The Morgan fingerprint density at radius 3 is 2.43 bits per heavy atom. The Morgan fingerprint density at radius 2 is 2.29 bits per heavy atom. The van der Waals surface area contributed by atoms with Crippen molar-refractivity contribution in [2.24, 2.45) is 0 Å². The van der Waals surface area contributed by atoms with Gasteiger partial charge in [-0.1, -0.05) is 0 Å². The topological polar surface area (TPSA) is 0 Å². The molecule has 0 radical (unpaired) electrons. The van der Waals surface area contributed by atoms with E-state index in [0.29, 0.717) is 0 Å². The Labute approximate surface area is 61.0 Å². The zero-order valence-electron chi connectivity index (χ0n) is 3.66. The molecule has 7 heavy (non-hydrogen) atoms. The summed E-state index contributed by atoms with van der Waals surface area (Å²) in [6.07, 6.45) is 7.52. The van der Waals surface area contributed by atoms with Gasteiger partial charge in [-0.3, -0.25) is 0 Å². The number of halogens is 1.